The van der Waals surface area contributed by atoms with Crippen molar-refractivity contribution in [1.29, 1.82) is 0 Å². The van der Waals surface area contributed by atoms with Crippen molar-refractivity contribution < 1.29 is 4.74 Å². The monoisotopic (exact) mass is 221 g/mol. The van der Waals surface area contributed by atoms with Crippen LogP contribution >= 0.6 is 0 Å². The summed E-state index contributed by atoms with van der Waals surface area (Å²) in [6, 6.07) is 2.67. The van der Waals surface area contributed by atoms with Gasteiger partial charge in [-0.2, -0.15) is 5.10 Å². The molecular formula is C12H19N3O. The van der Waals surface area contributed by atoms with Gasteiger partial charge in [0.1, 0.15) is 0 Å². The zero-order valence-corrected chi connectivity index (χ0v) is 9.72. The molecule has 3 unspecified atom stereocenters. The fraction of sp³-hybridized carbons (Fsp3) is 0.750. The number of aryl methyl sites for hydroxylation is 1. The third kappa shape index (κ3) is 1.87. The van der Waals surface area contributed by atoms with Gasteiger partial charge in [0.2, 0.25) is 0 Å². The van der Waals surface area contributed by atoms with E-state index < -0.39 is 0 Å². The van der Waals surface area contributed by atoms with Crippen LogP contribution < -0.4 is 5.32 Å². The van der Waals surface area contributed by atoms with E-state index in [9.17, 15) is 0 Å². The Kier molecular flexibility index (Phi) is 2.69. The molecule has 0 aliphatic carbocycles. The third-order valence-electron chi connectivity index (χ3n) is 3.82. The molecule has 3 heterocycles. The summed E-state index contributed by atoms with van der Waals surface area (Å²) in [5, 5.41) is 7.78. The van der Waals surface area contributed by atoms with Gasteiger partial charge in [-0.05, 0) is 25.3 Å². The van der Waals surface area contributed by atoms with Crippen molar-refractivity contribution in [3.05, 3.63) is 18.0 Å². The molecule has 2 saturated heterocycles. The summed E-state index contributed by atoms with van der Waals surface area (Å²) in [4.78, 5) is 0. The number of hydrogen-bond acceptors (Lipinski definition) is 3. The Hall–Kier alpha value is -0.870. The normalized spacial score (nSPS) is 32.4. The molecule has 1 aromatic heterocycles. The highest BCUT2D eigenvalue weighted by atomic mass is 16.5. The number of hydrogen-bond donors (Lipinski definition) is 1. The summed E-state index contributed by atoms with van der Waals surface area (Å²) < 4.78 is 7.76. The lowest BCUT2D eigenvalue weighted by Gasteiger charge is -2.19. The Bertz CT molecular complexity index is 363. The lowest BCUT2D eigenvalue weighted by Crippen LogP contribution is -2.38. The van der Waals surface area contributed by atoms with Gasteiger partial charge < -0.3 is 10.1 Å². The van der Waals surface area contributed by atoms with Crippen LogP contribution in [0.15, 0.2) is 12.3 Å². The van der Waals surface area contributed by atoms with E-state index in [4.69, 9.17) is 4.74 Å². The first kappa shape index (κ1) is 10.3. The number of fused-ring (bicyclic) bond motifs is 2. The molecular weight excluding hydrogens is 202 g/mol. The van der Waals surface area contributed by atoms with E-state index in [1.807, 2.05) is 17.9 Å². The zero-order chi connectivity index (χ0) is 11.0. The van der Waals surface area contributed by atoms with Gasteiger partial charge in [-0.1, -0.05) is 0 Å². The van der Waals surface area contributed by atoms with Crippen molar-refractivity contribution in [2.24, 2.45) is 7.05 Å². The quantitative estimate of drug-likeness (QED) is 0.820. The number of aromatic nitrogens is 2. The fourth-order valence-corrected chi connectivity index (χ4v) is 2.88. The van der Waals surface area contributed by atoms with Crippen LogP contribution in [0.3, 0.4) is 0 Å². The largest absolute Gasteiger partial charge is 0.373 e. The van der Waals surface area contributed by atoms with Crippen molar-refractivity contribution in [2.45, 2.75) is 43.9 Å². The van der Waals surface area contributed by atoms with E-state index in [1.165, 1.54) is 25.0 Å². The molecule has 4 nitrogen and oxygen atoms in total. The highest BCUT2D eigenvalue weighted by Gasteiger charge is 2.40. The minimum absolute atomic E-state index is 0.483. The van der Waals surface area contributed by atoms with Crippen molar-refractivity contribution in [3.8, 4) is 0 Å². The summed E-state index contributed by atoms with van der Waals surface area (Å²) in [6.45, 7) is 1.02. The molecule has 2 bridgehead atoms. The average Bonchev–Trinajstić information content (AvgIpc) is 2.96. The molecule has 2 aliphatic heterocycles. The summed E-state index contributed by atoms with van der Waals surface area (Å²) in [5.41, 5.74) is 1.29. The molecule has 0 amide bonds. The predicted octanol–water partition coefficient (Wildman–Crippen LogP) is 0.872. The summed E-state index contributed by atoms with van der Waals surface area (Å²) in [7, 11) is 2.00. The van der Waals surface area contributed by atoms with E-state index >= 15 is 0 Å². The van der Waals surface area contributed by atoms with Crippen LogP contribution in [0.25, 0.3) is 0 Å². The van der Waals surface area contributed by atoms with Crippen molar-refractivity contribution in [2.75, 3.05) is 6.54 Å². The first-order valence-corrected chi connectivity index (χ1v) is 6.18. The molecule has 1 N–H and O–H groups in total. The van der Waals surface area contributed by atoms with Gasteiger partial charge in [0.25, 0.3) is 0 Å². The summed E-state index contributed by atoms with van der Waals surface area (Å²) in [5.74, 6) is 0. The number of rotatable bonds is 4. The van der Waals surface area contributed by atoms with E-state index in [0.29, 0.717) is 18.2 Å². The van der Waals surface area contributed by atoms with Crippen LogP contribution in [0.5, 0.6) is 0 Å². The maximum Gasteiger partial charge on any atom is 0.0733 e. The topological polar surface area (TPSA) is 39.1 Å². The van der Waals surface area contributed by atoms with E-state index in [0.717, 1.165) is 13.0 Å². The highest BCUT2D eigenvalue weighted by Crippen LogP contribution is 2.34. The fourth-order valence-electron chi connectivity index (χ4n) is 2.88. The van der Waals surface area contributed by atoms with Gasteiger partial charge in [-0.15, -0.1) is 0 Å². The molecule has 4 heteroatoms. The Morgan fingerprint density at radius 2 is 2.50 bits per heavy atom. The first-order valence-electron chi connectivity index (χ1n) is 6.18. The van der Waals surface area contributed by atoms with Gasteiger partial charge in [0.15, 0.2) is 0 Å². The van der Waals surface area contributed by atoms with Crippen LogP contribution in [0.1, 0.15) is 25.0 Å². The molecule has 1 aromatic rings. The second-order valence-corrected chi connectivity index (χ2v) is 4.87. The SMILES string of the molecule is Cn1nccc1CCNC1CC2CCC1O2. The molecule has 16 heavy (non-hydrogen) atoms. The van der Waals surface area contributed by atoms with Crippen LogP contribution in [-0.2, 0) is 18.2 Å². The zero-order valence-electron chi connectivity index (χ0n) is 9.72. The predicted molar refractivity (Wildman–Crippen MR) is 61.2 cm³/mol. The first-order chi connectivity index (χ1) is 7.83. The lowest BCUT2D eigenvalue weighted by molar-refractivity contribution is 0.0975. The van der Waals surface area contributed by atoms with Gasteiger partial charge >= 0.3 is 0 Å². The van der Waals surface area contributed by atoms with E-state index in [2.05, 4.69) is 16.5 Å². The van der Waals surface area contributed by atoms with Crippen LogP contribution in [-0.4, -0.2) is 34.6 Å². The highest BCUT2D eigenvalue weighted by molar-refractivity contribution is 5.01. The lowest BCUT2D eigenvalue weighted by atomic mass is 9.95. The minimum Gasteiger partial charge on any atom is -0.373 e. The Labute approximate surface area is 96.0 Å². The average molecular weight is 221 g/mol. The van der Waals surface area contributed by atoms with Gasteiger partial charge in [-0.3, -0.25) is 4.68 Å². The van der Waals surface area contributed by atoms with Gasteiger partial charge in [0.05, 0.1) is 12.2 Å². The molecule has 0 aromatic carbocycles. The maximum absolute atomic E-state index is 5.82. The molecule has 88 valence electrons. The molecule has 0 radical (unpaired) electrons. The summed E-state index contributed by atoms with van der Waals surface area (Å²) >= 11 is 0. The van der Waals surface area contributed by atoms with Crippen LogP contribution in [0.2, 0.25) is 0 Å². The Morgan fingerprint density at radius 3 is 3.12 bits per heavy atom. The second kappa shape index (κ2) is 4.18. The van der Waals surface area contributed by atoms with Crippen LogP contribution in [0.4, 0.5) is 0 Å². The standard InChI is InChI=1S/C12H19N3O/c1-15-9(5-7-14-15)4-6-13-11-8-10-2-3-12(11)16-10/h5,7,10-13H,2-4,6,8H2,1H3. The van der Waals surface area contributed by atoms with E-state index in [-0.39, 0.29) is 0 Å². The molecule has 3 atom stereocenters. The van der Waals surface area contributed by atoms with Crippen LogP contribution in [0, 0.1) is 0 Å². The molecule has 0 spiro atoms. The molecule has 2 aliphatic rings. The molecule has 0 saturated carbocycles. The smallest absolute Gasteiger partial charge is 0.0733 e. The number of nitrogens with zero attached hydrogens (tertiary/aromatic N) is 2. The second-order valence-electron chi connectivity index (χ2n) is 4.87. The molecule has 2 fully saturated rings. The number of nitrogens with one attached hydrogen (secondary N) is 1. The van der Waals surface area contributed by atoms with Crippen molar-refractivity contribution >= 4 is 0 Å². The van der Waals surface area contributed by atoms with Crippen molar-refractivity contribution in [1.82, 2.24) is 15.1 Å². The Balaban J connectivity index is 1.46. The molecule has 3 rings (SSSR count). The number of ether oxygens (including phenoxy) is 1. The van der Waals surface area contributed by atoms with Gasteiger partial charge in [-0.25, -0.2) is 0 Å². The minimum atomic E-state index is 0.483. The maximum atomic E-state index is 5.82. The summed E-state index contributed by atoms with van der Waals surface area (Å²) in [6.07, 6.45) is 7.64. The van der Waals surface area contributed by atoms with Crippen molar-refractivity contribution in [3.63, 3.8) is 0 Å². The third-order valence-corrected chi connectivity index (χ3v) is 3.82. The van der Waals surface area contributed by atoms with Gasteiger partial charge in [0, 0.05) is 37.9 Å². The van der Waals surface area contributed by atoms with E-state index in [1.54, 1.807) is 0 Å². The Morgan fingerprint density at radius 1 is 1.56 bits per heavy atom.